The Hall–Kier alpha value is -1.27. The molecule has 3 N–H and O–H groups in total. The quantitative estimate of drug-likeness (QED) is 0.473. The normalized spacial score (nSPS) is 10.3. The van der Waals surface area contributed by atoms with Crippen molar-refractivity contribution in [3.63, 3.8) is 0 Å². The summed E-state index contributed by atoms with van der Waals surface area (Å²) in [5, 5.41) is 1.03. The van der Waals surface area contributed by atoms with E-state index in [1.54, 1.807) is 36.4 Å². The molecule has 0 atom stereocenters. The molecule has 0 saturated heterocycles. The van der Waals surface area contributed by atoms with Gasteiger partial charge in [-0.15, -0.1) is 0 Å². The highest BCUT2D eigenvalue weighted by Crippen LogP contribution is 2.29. The largest absolute Gasteiger partial charge is 0.487 e. The molecule has 0 radical (unpaired) electrons. The first-order chi connectivity index (χ1) is 10.0. The summed E-state index contributed by atoms with van der Waals surface area (Å²) < 4.78 is 6.38. The van der Waals surface area contributed by atoms with Crippen molar-refractivity contribution in [2.24, 2.45) is 5.84 Å². The molecule has 1 amide bonds. The third kappa shape index (κ3) is 4.11. The number of rotatable bonds is 4. The van der Waals surface area contributed by atoms with Crippen LogP contribution in [-0.4, -0.2) is 5.91 Å². The first-order valence-corrected chi connectivity index (χ1v) is 7.43. The van der Waals surface area contributed by atoms with Crippen molar-refractivity contribution in [2.75, 3.05) is 0 Å². The number of hydrazine groups is 1. The minimum absolute atomic E-state index is 0.283. The summed E-state index contributed by atoms with van der Waals surface area (Å²) in [6.45, 7) is 0.283. The molecule has 0 aliphatic heterocycles. The number of carbonyl (C=O) groups is 1. The third-order valence-corrected chi connectivity index (χ3v) is 4.01. The molecule has 4 nitrogen and oxygen atoms in total. The maximum atomic E-state index is 11.4. The molecule has 2 aromatic carbocycles. The van der Waals surface area contributed by atoms with Crippen LogP contribution < -0.4 is 16.0 Å². The summed E-state index contributed by atoms with van der Waals surface area (Å²) in [5.74, 6) is 5.23. The van der Waals surface area contributed by atoms with Gasteiger partial charge in [0.25, 0.3) is 5.91 Å². The molecule has 0 aromatic heterocycles. The maximum absolute atomic E-state index is 11.4. The van der Waals surface area contributed by atoms with Crippen LogP contribution in [-0.2, 0) is 6.61 Å². The van der Waals surface area contributed by atoms with E-state index in [1.165, 1.54) is 0 Å². The number of halogens is 3. The Kier molecular flexibility index (Phi) is 5.47. The predicted octanol–water partition coefficient (Wildman–Crippen LogP) is 3.94. The van der Waals surface area contributed by atoms with Crippen molar-refractivity contribution < 1.29 is 9.53 Å². The number of carbonyl (C=O) groups excluding carboxylic acids is 1. The van der Waals surface area contributed by atoms with Crippen LogP contribution in [0, 0.1) is 0 Å². The molecule has 0 heterocycles. The molecule has 0 saturated carbocycles. The Morgan fingerprint density at radius 3 is 2.67 bits per heavy atom. The fraction of sp³-hybridized carbons (Fsp3) is 0.0714. The summed E-state index contributed by atoms with van der Waals surface area (Å²) in [6, 6.07) is 10.1. The highest BCUT2D eigenvalue weighted by molar-refractivity contribution is 9.10. The summed E-state index contributed by atoms with van der Waals surface area (Å²) in [7, 11) is 0. The average molecular weight is 390 g/mol. The van der Waals surface area contributed by atoms with Gasteiger partial charge in [0.2, 0.25) is 0 Å². The first kappa shape index (κ1) is 16.1. The summed E-state index contributed by atoms with van der Waals surface area (Å²) in [6.07, 6.45) is 0. The smallest absolute Gasteiger partial charge is 0.265 e. The van der Waals surface area contributed by atoms with Gasteiger partial charge >= 0.3 is 0 Å². The second-order valence-corrected chi connectivity index (χ2v) is 5.84. The van der Waals surface area contributed by atoms with Crippen LogP contribution in [0.2, 0.25) is 10.0 Å². The number of amides is 1. The van der Waals surface area contributed by atoms with Crippen molar-refractivity contribution >= 4 is 45.0 Å². The molecule has 0 spiro atoms. The van der Waals surface area contributed by atoms with Gasteiger partial charge < -0.3 is 4.74 Å². The molecule has 0 unspecified atom stereocenters. The van der Waals surface area contributed by atoms with E-state index < -0.39 is 0 Å². The van der Waals surface area contributed by atoms with E-state index in [-0.39, 0.29) is 12.5 Å². The van der Waals surface area contributed by atoms with Crippen LogP contribution >= 0.6 is 39.1 Å². The van der Waals surface area contributed by atoms with E-state index in [4.69, 9.17) is 33.8 Å². The van der Waals surface area contributed by atoms with Crippen molar-refractivity contribution in [3.8, 4) is 5.75 Å². The lowest BCUT2D eigenvalue weighted by atomic mass is 10.1. The van der Waals surface area contributed by atoms with Gasteiger partial charge in [-0.25, -0.2) is 5.84 Å². The van der Waals surface area contributed by atoms with Crippen LogP contribution in [0.3, 0.4) is 0 Å². The summed E-state index contributed by atoms with van der Waals surface area (Å²) in [4.78, 5) is 11.4. The second kappa shape index (κ2) is 7.13. The Balaban J connectivity index is 2.13. The molecule has 0 fully saturated rings. The number of nitrogen functional groups attached to an aromatic ring is 1. The Morgan fingerprint density at radius 2 is 2.00 bits per heavy atom. The van der Waals surface area contributed by atoms with Crippen LogP contribution in [0.25, 0.3) is 0 Å². The van der Waals surface area contributed by atoms with E-state index >= 15 is 0 Å². The van der Waals surface area contributed by atoms with E-state index in [2.05, 4.69) is 21.4 Å². The molecule has 2 aromatic rings. The lowest BCUT2D eigenvalue weighted by Gasteiger charge is -2.10. The zero-order chi connectivity index (χ0) is 15.4. The number of ether oxygens (including phenoxy) is 1. The maximum Gasteiger partial charge on any atom is 0.265 e. The summed E-state index contributed by atoms with van der Waals surface area (Å²) in [5.41, 5.74) is 3.39. The fourth-order valence-electron chi connectivity index (χ4n) is 1.63. The second-order valence-electron chi connectivity index (χ2n) is 4.14. The topological polar surface area (TPSA) is 64.3 Å². The van der Waals surface area contributed by atoms with Crippen molar-refractivity contribution in [3.05, 3.63) is 62.0 Å². The Bertz CT molecular complexity index is 680. The van der Waals surface area contributed by atoms with Gasteiger partial charge in [0.1, 0.15) is 12.4 Å². The van der Waals surface area contributed by atoms with Crippen molar-refractivity contribution in [2.45, 2.75) is 6.61 Å². The molecule has 110 valence electrons. The molecular formula is C14H11BrCl2N2O2. The molecule has 0 aliphatic rings. The van der Waals surface area contributed by atoms with Gasteiger partial charge in [0.15, 0.2) is 0 Å². The molecule has 21 heavy (non-hydrogen) atoms. The van der Waals surface area contributed by atoms with Gasteiger partial charge in [-0.3, -0.25) is 10.2 Å². The van der Waals surface area contributed by atoms with Gasteiger partial charge in [-0.05, 0) is 24.3 Å². The lowest BCUT2D eigenvalue weighted by molar-refractivity contribution is 0.0953. The predicted molar refractivity (Wildman–Crippen MR) is 86.6 cm³/mol. The average Bonchev–Trinajstić information content (AvgIpc) is 2.48. The number of hydrogen-bond donors (Lipinski definition) is 2. The standard InChI is InChI=1S/C14H11BrCl2N2O2/c15-11-5-8(14(20)19-18)1-2-9(11)7-21-13-6-10(16)3-4-12(13)17/h1-6H,7,18H2,(H,19,20). The van der Waals surface area contributed by atoms with Crippen LogP contribution in [0.4, 0.5) is 0 Å². The Labute approximate surface area is 140 Å². The van der Waals surface area contributed by atoms with Gasteiger partial charge in [-0.1, -0.05) is 45.2 Å². The van der Waals surface area contributed by atoms with Gasteiger partial charge in [0, 0.05) is 26.7 Å². The SMILES string of the molecule is NNC(=O)c1ccc(COc2cc(Cl)ccc2Cl)c(Br)c1. The van der Waals surface area contributed by atoms with Crippen LogP contribution in [0.15, 0.2) is 40.9 Å². The minimum Gasteiger partial charge on any atom is -0.487 e. The van der Waals surface area contributed by atoms with Crippen LogP contribution in [0.5, 0.6) is 5.75 Å². The minimum atomic E-state index is -0.360. The summed E-state index contributed by atoms with van der Waals surface area (Å²) >= 11 is 15.3. The number of nitrogens with two attached hydrogens (primary N) is 1. The molecule has 2 rings (SSSR count). The van der Waals surface area contributed by atoms with Gasteiger partial charge in [0.05, 0.1) is 5.02 Å². The van der Waals surface area contributed by atoms with Crippen molar-refractivity contribution in [1.82, 2.24) is 5.43 Å². The van der Waals surface area contributed by atoms with E-state index in [1.807, 2.05) is 0 Å². The molecule has 0 bridgehead atoms. The third-order valence-electron chi connectivity index (χ3n) is 2.72. The fourth-order valence-corrected chi connectivity index (χ4v) is 2.46. The van der Waals surface area contributed by atoms with E-state index in [0.717, 1.165) is 10.0 Å². The lowest BCUT2D eigenvalue weighted by Crippen LogP contribution is -2.29. The monoisotopic (exact) mass is 388 g/mol. The Morgan fingerprint density at radius 1 is 1.24 bits per heavy atom. The van der Waals surface area contributed by atoms with Crippen molar-refractivity contribution in [1.29, 1.82) is 0 Å². The zero-order valence-corrected chi connectivity index (χ0v) is 13.8. The zero-order valence-electron chi connectivity index (χ0n) is 10.7. The van der Waals surface area contributed by atoms with Crippen LogP contribution in [0.1, 0.15) is 15.9 Å². The number of hydrogen-bond acceptors (Lipinski definition) is 3. The molecule has 7 heteroatoms. The number of benzene rings is 2. The highest BCUT2D eigenvalue weighted by atomic mass is 79.9. The van der Waals surface area contributed by atoms with Gasteiger partial charge in [-0.2, -0.15) is 0 Å². The van der Waals surface area contributed by atoms with E-state index in [9.17, 15) is 4.79 Å². The molecule has 0 aliphatic carbocycles. The van der Waals surface area contributed by atoms with E-state index in [0.29, 0.717) is 21.4 Å². The highest BCUT2D eigenvalue weighted by Gasteiger charge is 2.09. The number of nitrogens with one attached hydrogen (secondary N) is 1. The molecular weight excluding hydrogens is 379 g/mol. The first-order valence-electron chi connectivity index (χ1n) is 5.88.